The van der Waals surface area contributed by atoms with E-state index in [9.17, 15) is 0 Å². The van der Waals surface area contributed by atoms with Crippen LogP contribution in [0.15, 0.2) is 24.3 Å². The molecule has 1 radical (unpaired) electrons. The third-order valence-electron chi connectivity index (χ3n) is 1.60. The van der Waals surface area contributed by atoms with E-state index < -0.39 is 0 Å². The number of aromatic amines is 1. The first-order chi connectivity index (χ1) is 5.92. The molecule has 0 amide bonds. The maximum absolute atomic E-state index is 8.40. The summed E-state index contributed by atoms with van der Waals surface area (Å²) in [5.41, 5.74) is 0.884. The minimum atomic E-state index is 0.383. The smallest absolute Gasteiger partial charge is 0.522 e. The molecule has 2 rings (SSSR count). The van der Waals surface area contributed by atoms with Crippen molar-refractivity contribution in [1.29, 1.82) is 0 Å². The first-order valence-electron chi connectivity index (χ1n) is 3.47. The highest BCUT2D eigenvalue weighted by Gasteiger charge is 2.04. The van der Waals surface area contributed by atoms with E-state index in [4.69, 9.17) is 9.68 Å². The number of rotatable bonds is 2. The number of aromatic nitrogens is 2. The van der Waals surface area contributed by atoms with Crippen molar-refractivity contribution in [1.82, 2.24) is 10.2 Å². The van der Waals surface area contributed by atoms with Gasteiger partial charge >= 0.3 is 7.69 Å². The SMILES string of the molecule is O[B]Oc1n[nH]c2ccccc12. The first-order valence-corrected chi connectivity index (χ1v) is 3.47. The Hall–Kier alpha value is -1.49. The van der Waals surface area contributed by atoms with Crippen LogP contribution in [0.25, 0.3) is 10.9 Å². The van der Waals surface area contributed by atoms with Crippen LogP contribution >= 0.6 is 0 Å². The zero-order valence-corrected chi connectivity index (χ0v) is 6.19. The van der Waals surface area contributed by atoms with E-state index in [0.717, 1.165) is 10.9 Å². The molecule has 2 aromatic rings. The van der Waals surface area contributed by atoms with Crippen LogP contribution in [-0.4, -0.2) is 22.9 Å². The Balaban J connectivity index is 2.55. The molecule has 0 aliphatic carbocycles. The number of hydrogen-bond acceptors (Lipinski definition) is 3. The maximum Gasteiger partial charge on any atom is 0.570 e. The fraction of sp³-hybridized carbons (Fsp3) is 0. The molecule has 0 saturated heterocycles. The highest BCUT2D eigenvalue weighted by atomic mass is 16.5. The third-order valence-corrected chi connectivity index (χ3v) is 1.60. The van der Waals surface area contributed by atoms with Crippen molar-refractivity contribution in [2.24, 2.45) is 0 Å². The number of nitrogens with zero attached hydrogens (tertiary/aromatic N) is 1. The summed E-state index contributed by atoms with van der Waals surface area (Å²) in [6.45, 7) is 0. The van der Waals surface area contributed by atoms with Crippen LogP contribution in [0.3, 0.4) is 0 Å². The Morgan fingerprint density at radius 2 is 2.25 bits per heavy atom. The van der Waals surface area contributed by atoms with E-state index in [1.165, 1.54) is 0 Å². The maximum atomic E-state index is 8.40. The summed E-state index contributed by atoms with van der Waals surface area (Å²) in [5, 5.41) is 15.9. The molecule has 59 valence electrons. The van der Waals surface area contributed by atoms with Gasteiger partial charge in [0.1, 0.15) is 0 Å². The van der Waals surface area contributed by atoms with Gasteiger partial charge in [-0.3, -0.25) is 5.10 Å². The van der Waals surface area contributed by atoms with Gasteiger partial charge in [-0.1, -0.05) is 12.1 Å². The van der Waals surface area contributed by atoms with Gasteiger partial charge in [-0.15, -0.1) is 5.10 Å². The summed E-state index contributed by atoms with van der Waals surface area (Å²) in [4.78, 5) is 0. The van der Waals surface area contributed by atoms with E-state index in [-0.39, 0.29) is 0 Å². The lowest BCUT2D eigenvalue weighted by atomic mass is 10.2. The van der Waals surface area contributed by atoms with Crippen molar-refractivity contribution in [2.45, 2.75) is 0 Å². The van der Waals surface area contributed by atoms with Crippen LogP contribution in [0, 0.1) is 0 Å². The van der Waals surface area contributed by atoms with Gasteiger partial charge in [-0.2, -0.15) is 0 Å². The second-order valence-electron chi connectivity index (χ2n) is 2.30. The highest BCUT2D eigenvalue weighted by molar-refractivity contribution is 6.17. The molecule has 0 saturated carbocycles. The molecule has 0 aliphatic heterocycles. The van der Waals surface area contributed by atoms with Gasteiger partial charge in [0.2, 0.25) is 5.88 Å². The molecule has 1 heterocycles. The molecule has 0 unspecified atom stereocenters. The number of benzene rings is 1. The lowest BCUT2D eigenvalue weighted by Crippen LogP contribution is -1.99. The highest BCUT2D eigenvalue weighted by Crippen LogP contribution is 2.20. The van der Waals surface area contributed by atoms with Crippen molar-refractivity contribution in [3.05, 3.63) is 24.3 Å². The van der Waals surface area contributed by atoms with E-state index in [1.807, 2.05) is 24.3 Å². The van der Waals surface area contributed by atoms with Gasteiger partial charge in [0.05, 0.1) is 10.9 Å². The van der Waals surface area contributed by atoms with Crippen LogP contribution in [0.4, 0.5) is 0 Å². The molecule has 1 aromatic carbocycles. The average Bonchev–Trinajstić information content (AvgIpc) is 2.50. The zero-order valence-electron chi connectivity index (χ0n) is 6.19. The van der Waals surface area contributed by atoms with Crippen molar-refractivity contribution in [2.75, 3.05) is 0 Å². The summed E-state index contributed by atoms with van der Waals surface area (Å²) < 4.78 is 4.75. The van der Waals surface area contributed by atoms with Gasteiger partial charge in [-0.05, 0) is 12.1 Å². The Morgan fingerprint density at radius 3 is 3.08 bits per heavy atom. The van der Waals surface area contributed by atoms with E-state index >= 15 is 0 Å². The van der Waals surface area contributed by atoms with Gasteiger partial charge in [0, 0.05) is 0 Å². The fourth-order valence-corrected chi connectivity index (χ4v) is 1.08. The van der Waals surface area contributed by atoms with Gasteiger partial charge in [0.15, 0.2) is 0 Å². The Bertz CT molecular complexity index is 388. The Labute approximate surface area is 69.5 Å². The van der Waals surface area contributed by atoms with Crippen molar-refractivity contribution < 1.29 is 9.68 Å². The summed E-state index contributed by atoms with van der Waals surface area (Å²) in [5.74, 6) is 0.383. The van der Waals surface area contributed by atoms with Crippen LogP contribution in [0.5, 0.6) is 5.88 Å². The fourth-order valence-electron chi connectivity index (χ4n) is 1.08. The largest absolute Gasteiger partial charge is 0.570 e. The number of hydrogen-bond donors (Lipinski definition) is 2. The monoisotopic (exact) mass is 161 g/mol. The number of fused-ring (bicyclic) bond motifs is 1. The number of para-hydroxylation sites is 1. The standard InChI is InChI=1S/C7H6BN2O2/c11-8-12-7-5-3-1-2-4-6(5)9-10-7/h1-4,11H,(H,9,10). The summed E-state index contributed by atoms with van der Waals surface area (Å²) in [7, 11) is 0.614. The predicted molar refractivity (Wildman–Crippen MR) is 44.7 cm³/mol. The minimum Gasteiger partial charge on any atom is -0.522 e. The van der Waals surface area contributed by atoms with Gasteiger partial charge in [0.25, 0.3) is 0 Å². The molecule has 0 spiro atoms. The Morgan fingerprint density at radius 1 is 1.42 bits per heavy atom. The van der Waals surface area contributed by atoms with Crippen molar-refractivity contribution in [3.63, 3.8) is 0 Å². The molecular formula is C7H6BN2O2. The van der Waals surface area contributed by atoms with E-state index in [1.54, 1.807) is 0 Å². The second-order valence-corrected chi connectivity index (χ2v) is 2.30. The first kappa shape index (κ1) is 7.18. The molecule has 0 fully saturated rings. The van der Waals surface area contributed by atoms with Crippen LogP contribution in [-0.2, 0) is 0 Å². The number of nitrogens with one attached hydrogen (secondary N) is 1. The van der Waals surface area contributed by atoms with E-state index in [0.29, 0.717) is 13.6 Å². The normalized spacial score (nSPS) is 10.1. The van der Waals surface area contributed by atoms with Crippen molar-refractivity contribution in [3.8, 4) is 5.88 Å². The van der Waals surface area contributed by atoms with Crippen LogP contribution < -0.4 is 4.65 Å². The molecule has 0 aliphatic rings. The lowest BCUT2D eigenvalue weighted by Gasteiger charge is -1.94. The Kier molecular flexibility index (Phi) is 1.71. The summed E-state index contributed by atoms with van der Waals surface area (Å²) in [6, 6.07) is 7.51. The quantitative estimate of drug-likeness (QED) is 0.629. The second kappa shape index (κ2) is 2.87. The summed E-state index contributed by atoms with van der Waals surface area (Å²) in [6.07, 6.45) is 0. The molecule has 0 atom stereocenters. The topological polar surface area (TPSA) is 58.1 Å². The molecule has 5 heteroatoms. The van der Waals surface area contributed by atoms with Crippen LogP contribution in [0.1, 0.15) is 0 Å². The third kappa shape index (κ3) is 1.04. The lowest BCUT2D eigenvalue weighted by molar-refractivity contribution is 0.445. The summed E-state index contributed by atoms with van der Waals surface area (Å²) >= 11 is 0. The molecular weight excluding hydrogens is 155 g/mol. The average molecular weight is 161 g/mol. The molecule has 1 aromatic heterocycles. The van der Waals surface area contributed by atoms with Crippen molar-refractivity contribution >= 4 is 18.6 Å². The molecule has 0 bridgehead atoms. The molecule has 4 nitrogen and oxygen atoms in total. The van der Waals surface area contributed by atoms with E-state index in [2.05, 4.69) is 10.2 Å². The van der Waals surface area contributed by atoms with Gasteiger partial charge in [-0.25, -0.2) is 0 Å². The molecule has 12 heavy (non-hydrogen) atoms. The zero-order chi connectivity index (χ0) is 8.39. The minimum absolute atomic E-state index is 0.383. The van der Waals surface area contributed by atoms with Gasteiger partial charge < -0.3 is 9.68 Å². The molecule has 2 N–H and O–H groups in total. The van der Waals surface area contributed by atoms with Crippen LogP contribution in [0.2, 0.25) is 0 Å². The number of H-pyrrole nitrogens is 1. The predicted octanol–water partition coefficient (Wildman–Crippen LogP) is 0.468.